The topological polar surface area (TPSA) is 19.0 Å². The molecule has 1 aliphatic heterocycles. The van der Waals surface area contributed by atoms with E-state index in [0.29, 0.717) is 12.0 Å². The zero-order valence-corrected chi connectivity index (χ0v) is 14.2. The highest BCUT2D eigenvalue weighted by atomic mass is 15.1. The molecule has 2 aromatic carbocycles. The zero-order valence-electron chi connectivity index (χ0n) is 14.2. The van der Waals surface area contributed by atoms with E-state index < -0.39 is 0 Å². The van der Waals surface area contributed by atoms with Gasteiger partial charge in [-0.15, -0.1) is 0 Å². The maximum atomic E-state index is 3.45. The lowest BCUT2D eigenvalue weighted by Crippen LogP contribution is -2.41. The van der Waals surface area contributed by atoms with Crippen molar-refractivity contribution < 1.29 is 0 Å². The fourth-order valence-corrected chi connectivity index (χ4v) is 4.47. The van der Waals surface area contributed by atoms with Crippen molar-refractivity contribution in [2.75, 3.05) is 13.6 Å². The number of rotatable bonds is 1. The molecule has 3 aromatic rings. The summed E-state index contributed by atoms with van der Waals surface area (Å²) in [6.07, 6.45) is 5.84. The van der Waals surface area contributed by atoms with Crippen LogP contribution in [0.3, 0.4) is 0 Å². The molecule has 1 aliphatic carbocycles. The number of nitrogens with one attached hydrogen (secondary N) is 1. The van der Waals surface area contributed by atoms with Crippen LogP contribution in [0.4, 0.5) is 0 Å². The van der Waals surface area contributed by atoms with Crippen molar-refractivity contribution in [3.63, 3.8) is 0 Å². The second-order valence-corrected chi connectivity index (χ2v) is 7.34. The van der Waals surface area contributed by atoms with Gasteiger partial charge in [0.15, 0.2) is 0 Å². The Morgan fingerprint density at radius 3 is 2.75 bits per heavy atom. The van der Waals surface area contributed by atoms with Crippen molar-refractivity contribution in [2.24, 2.45) is 0 Å². The summed E-state index contributed by atoms with van der Waals surface area (Å²) in [6, 6.07) is 16.2. The molecule has 2 aliphatic rings. The molecule has 24 heavy (non-hydrogen) atoms. The normalized spacial score (nSPS) is 23.2. The molecule has 2 nitrogen and oxygen atoms in total. The van der Waals surface area contributed by atoms with Gasteiger partial charge >= 0.3 is 0 Å². The maximum Gasteiger partial charge on any atom is 0.0462 e. The number of likely N-dealkylation sites (N-methyl/N-ethyl adjacent to an activating group) is 1. The Kier molecular flexibility index (Phi) is 2.98. The smallest absolute Gasteiger partial charge is 0.0462 e. The van der Waals surface area contributed by atoms with Gasteiger partial charge < -0.3 is 4.98 Å². The minimum Gasteiger partial charge on any atom is -0.361 e. The molecule has 0 radical (unpaired) electrons. The van der Waals surface area contributed by atoms with Crippen molar-refractivity contribution >= 4 is 16.5 Å². The number of hydrogen-bond donors (Lipinski definition) is 1. The van der Waals surface area contributed by atoms with Crippen LogP contribution in [0.25, 0.3) is 16.5 Å². The summed E-state index contributed by atoms with van der Waals surface area (Å²) in [5.74, 6) is 0.470. The number of aromatic nitrogens is 1. The molecule has 2 heterocycles. The first-order valence-corrected chi connectivity index (χ1v) is 8.78. The number of H-pyrrole nitrogens is 1. The van der Waals surface area contributed by atoms with Crippen LogP contribution in [-0.2, 0) is 6.42 Å². The van der Waals surface area contributed by atoms with Crippen LogP contribution in [0.15, 0.2) is 54.7 Å². The van der Waals surface area contributed by atoms with E-state index in [9.17, 15) is 0 Å². The van der Waals surface area contributed by atoms with Crippen LogP contribution >= 0.6 is 0 Å². The number of aryl methyl sites for hydroxylation is 1. The molecule has 2 atom stereocenters. The van der Waals surface area contributed by atoms with Gasteiger partial charge in [0, 0.05) is 35.6 Å². The summed E-state index contributed by atoms with van der Waals surface area (Å²) in [6.45, 7) is 3.24. The molecule has 5 rings (SSSR count). The molecule has 1 aromatic heterocycles. The maximum absolute atomic E-state index is 3.45. The molecule has 2 heteroatoms. The van der Waals surface area contributed by atoms with Crippen molar-refractivity contribution in [1.82, 2.24) is 9.88 Å². The van der Waals surface area contributed by atoms with Gasteiger partial charge in [-0.2, -0.15) is 0 Å². The Hall–Kier alpha value is -2.32. The van der Waals surface area contributed by atoms with Gasteiger partial charge in [0.1, 0.15) is 0 Å². The highest BCUT2D eigenvalue weighted by Gasteiger charge is 2.33. The summed E-state index contributed by atoms with van der Waals surface area (Å²) in [5, 5.41) is 1.43. The minimum absolute atomic E-state index is 0.470. The highest BCUT2D eigenvalue weighted by Crippen LogP contribution is 2.42. The van der Waals surface area contributed by atoms with Crippen molar-refractivity contribution in [1.29, 1.82) is 0 Å². The number of fused-ring (bicyclic) bond motifs is 2. The molecular formula is C22H22N2. The molecule has 120 valence electrons. The Labute approximate surface area is 142 Å². The first kappa shape index (κ1) is 14.1. The van der Waals surface area contributed by atoms with Crippen LogP contribution in [0.5, 0.6) is 0 Å². The average Bonchev–Trinajstić information content (AvgIpc) is 3.01. The summed E-state index contributed by atoms with van der Waals surface area (Å²) in [4.78, 5) is 5.98. The van der Waals surface area contributed by atoms with Crippen molar-refractivity contribution in [2.45, 2.75) is 25.3 Å². The molecule has 1 N–H and O–H groups in total. The van der Waals surface area contributed by atoms with E-state index in [1.54, 1.807) is 0 Å². The van der Waals surface area contributed by atoms with E-state index in [1.165, 1.54) is 38.7 Å². The van der Waals surface area contributed by atoms with Crippen LogP contribution in [0.2, 0.25) is 0 Å². The van der Waals surface area contributed by atoms with E-state index in [-0.39, 0.29) is 0 Å². The van der Waals surface area contributed by atoms with Crippen LogP contribution in [0, 0.1) is 6.92 Å². The second kappa shape index (κ2) is 5.09. The third-order valence-corrected chi connectivity index (χ3v) is 5.77. The number of benzene rings is 2. The fraction of sp³-hybridized carbons (Fsp3) is 0.273. The zero-order chi connectivity index (χ0) is 16.3. The van der Waals surface area contributed by atoms with E-state index in [4.69, 9.17) is 0 Å². The van der Waals surface area contributed by atoms with Gasteiger partial charge in [-0.3, -0.25) is 4.90 Å². The lowest BCUT2D eigenvalue weighted by molar-refractivity contribution is 0.268. The largest absolute Gasteiger partial charge is 0.361 e. The van der Waals surface area contributed by atoms with Gasteiger partial charge in [-0.25, -0.2) is 0 Å². The third kappa shape index (κ3) is 1.99. The second-order valence-electron chi connectivity index (χ2n) is 7.34. The lowest BCUT2D eigenvalue weighted by atomic mass is 9.78. The quantitative estimate of drug-likeness (QED) is 0.700. The molecule has 0 fully saturated rings. The summed E-state index contributed by atoms with van der Waals surface area (Å²) in [7, 11) is 2.27. The van der Waals surface area contributed by atoms with Gasteiger partial charge in [-0.05, 0) is 48.7 Å². The Morgan fingerprint density at radius 2 is 1.92 bits per heavy atom. The van der Waals surface area contributed by atoms with Crippen molar-refractivity contribution in [3.8, 4) is 0 Å². The highest BCUT2D eigenvalue weighted by molar-refractivity contribution is 5.98. The van der Waals surface area contributed by atoms with E-state index in [1.807, 2.05) is 0 Å². The minimum atomic E-state index is 0.470. The number of hydrogen-bond acceptors (Lipinski definition) is 1. The predicted molar refractivity (Wildman–Crippen MR) is 100 cm³/mol. The average molecular weight is 314 g/mol. The van der Waals surface area contributed by atoms with Gasteiger partial charge in [0.25, 0.3) is 0 Å². The monoisotopic (exact) mass is 314 g/mol. The molecule has 0 saturated heterocycles. The van der Waals surface area contributed by atoms with Crippen molar-refractivity contribution in [3.05, 3.63) is 77.0 Å². The summed E-state index contributed by atoms with van der Waals surface area (Å²) in [5.41, 5.74) is 8.40. The Balaban J connectivity index is 1.67. The van der Waals surface area contributed by atoms with Gasteiger partial charge in [0.05, 0.1) is 0 Å². The van der Waals surface area contributed by atoms with Gasteiger partial charge in [-0.1, -0.05) is 48.0 Å². The van der Waals surface area contributed by atoms with Crippen LogP contribution < -0.4 is 0 Å². The third-order valence-electron chi connectivity index (χ3n) is 5.77. The number of aromatic amines is 1. The molecule has 0 spiro atoms. The van der Waals surface area contributed by atoms with Gasteiger partial charge in [0.2, 0.25) is 0 Å². The van der Waals surface area contributed by atoms with E-state index in [2.05, 4.69) is 78.6 Å². The molecule has 0 amide bonds. The molecule has 0 saturated carbocycles. The fourth-order valence-electron chi connectivity index (χ4n) is 4.47. The Morgan fingerprint density at radius 1 is 1.08 bits per heavy atom. The molecular weight excluding hydrogens is 292 g/mol. The molecule has 0 bridgehead atoms. The number of nitrogens with zero attached hydrogens (tertiary/aromatic N) is 1. The lowest BCUT2D eigenvalue weighted by Gasteiger charge is -2.40. The predicted octanol–water partition coefficient (Wildman–Crippen LogP) is 4.51. The summed E-state index contributed by atoms with van der Waals surface area (Å²) < 4.78 is 0. The first-order valence-electron chi connectivity index (χ1n) is 8.78. The van der Waals surface area contributed by atoms with Crippen LogP contribution in [-0.4, -0.2) is 29.5 Å². The van der Waals surface area contributed by atoms with E-state index >= 15 is 0 Å². The van der Waals surface area contributed by atoms with E-state index in [0.717, 1.165) is 13.0 Å². The summed E-state index contributed by atoms with van der Waals surface area (Å²) >= 11 is 0. The Bertz CT molecular complexity index is 946. The SMILES string of the molecule is Cc1ccc([C@@H]2C=C3c4cccc5[nH]cc(c45)C[C@H]3N(C)C2)cc1. The molecule has 0 unspecified atom stereocenters. The first-order chi connectivity index (χ1) is 11.7. The van der Waals surface area contributed by atoms with Crippen LogP contribution in [0.1, 0.15) is 28.2 Å². The standard InChI is InChI=1S/C22H22N2/c1-14-6-8-15(9-7-14)17-10-19-18-4-3-5-20-22(18)16(12-23-20)11-21(19)24(2)13-17/h3-10,12,17,21,23H,11,13H2,1-2H3/t17-,21-/m1/s1.